The van der Waals surface area contributed by atoms with Crippen molar-refractivity contribution in [2.75, 3.05) is 13.2 Å². The first-order valence-corrected chi connectivity index (χ1v) is 9.61. The summed E-state index contributed by atoms with van der Waals surface area (Å²) < 4.78 is 9.68. The van der Waals surface area contributed by atoms with E-state index in [1.807, 2.05) is 0 Å². The molecular formula is C19H36O6. The Morgan fingerprint density at radius 2 is 1.52 bits per heavy atom. The third-order valence-corrected chi connectivity index (χ3v) is 4.02. The summed E-state index contributed by atoms with van der Waals surface area (Å²) in [6, 6.07) is 0. The summed E-state index contributed by atoms with van der Waals surface area (Å²) in [7, 11) is 0. The normalized spacial score (nSPS) is 13.3. The van der Waals surface area contributed by atoms with Crippen molar-refractivity contribution in [3.8, 4) is 0 Å². The minimum absolute atomic E-state index is 0.104. The highest BCUT2D eigenvalue weighted by atomic mass is 16.6. The van der Waals surface area contributed by atoms with E-state index in [0.717, 1.165) is 19.3 Å². The summed E-state index contributed by atoms with van der Waals surface area (Å²) in [6.07, 6.45) is 9.70. The number of hydrogen-bond acceptors (Lipinski definition) is 6. The van der Waals surface area contributed by atoms with E-state index in [-0.39, 0.29) is 13.0 Å². The molecule has 6 heteroatoms. The smallest absolute Gasteiger partial charge is 0.308 e. The molecule has 0 aromatic heterocycles. The molecule has 0 aromatic rings. The van der Waals surface area contributed by atoms with Gasteiger partial charge >= 0.3 is 11.9 Å². The standard InChI is InChI=1S/C19H36O6/c1-3-4-5-6-7-8-9-10-11-12-17(22)13-19(23)25-18(14-20)15-24-16(2)21/h17-18,20,22H,3-15H2,1-2H3. The molecule has 0 spiro atoms. The van der Waals surface area contributed by atoms with Gasteiger partial charge in [-0.25, -0.2) is 0 Å². The lowest BCUT2D eigenvalue weighted by Crippen LogP contribution is -2.29. The third kappa shape index (κ3) is 16.1. The van der Waals surface area contributed by atoms with Crippen LogP contribution >= 0.6 is 0 Å². The maximum Gasteiger partial charge on any atom is 0.308 e. The summed E-state index contributed by atoms with van der Waals surface area (Å²) in [4.78, 5) is 22.4. The molecule has 0 aromatic carbocycles. The van der Waals surface area contributed by atoms with Crippen molar-refractivity contribution in [1.82, 2.24) is 0 Å². The zero-order chi connectivity index (χ0) is 18.9. The molecule has 0 saturated heterocycles. The number of hydrogen-bond donors (Lipinski definition) is 2. The number of carbonyl (C=O) groups is 2. The molecule has 0 heterocycles. The van der Waals surface area contributed by atoms with Gasteiger partial charge in [-0.3, -0.25) is 9.59 Å². The molecule has 0 aliphatic carbocycles. The highest BCUT2D eigenvalue weighted by molar-refractivity contribution is 5.70. The largest absolute Gasteiger partial charge is 0.462 e. The quantitative estimate of drug-likeness (QED) is 0.324. The number of aliphatic hydroxyl groups excluding tert-OH is 2. The molecule has 2 atom stereocenters. The van der Waals surface area contributed by atoms with E-state index >= 15 is 0 Å². The summed E-state index contributed by atoms with van der Waals surface area (Å²) in [6.45, 7) is 2.86. The number of unbranched alkanes of at least 4 members (excludes halogenated alkanes) is 8. The topological polar surface area (TPSA) is 93.1 Å². The molecule has 2 unspecified atom stereocenters. The van der Waals surface area contributed by atoms with Crippen LogP contribution in [0.4, 0.5) is 0 Å². The van der Waals surface area contributed by atoms with Crippen molar-refractivity contribution in [1.29, 1.82) is 0 Å². The zero-order valence-electron chi connectivity index (χ0n) is 15.9. The average molecular weight is 360 g/mol. The third-order valence-electron chi connectivity index (χ3n) is 4.02. The number of esters is 2. The van der Waals surface area contributed by atoms with Crippen molar-refractivity contribution in [3.63, 3.8) is 0 Å². The van der Waals surface area contributed by atoms with Crippen LogP contribution in [0.1, 0.15) is 84.5 Å². The Morgan fingerprint density at radius 3 is 2.04 bits per heavy atom. The predicted molar refractivity (Wildman–Crippen MR) is 96.1 cm³/mol. The molecule has 0 radical (unpaired) electrons. The van der Waals surface area contributed by atoms with E-state index in [1.54, 1.807) is 0 Å². The number of rotatable bonds is 16. The molecule has 0 rings (SSSR count). The van der Waals surface area contributed by atoms with E-state index in [9.17, 15) is 14.7 Å². The van der Waals surface area contributed by atoms with Crippen LogP contribution in [0.25, 0.3) is 0 Å². The molecule has 0 aliphatic rings. The lowest BCUT2D eigenvalue weighted by molar-refractivity contribution is -0.162. The second kappa shape index (κ2) is 16.3. The van der Waals surface area contributed by atoms with Gasteiger partial charge in [0.2, 0.25) is 0 Å². The molecule has 0 saturated carbocycles. The first kappa shape index (κ1) is 23.9. The maximum atomic E-state index is 11.7. The van der Waals surface area contributed by atoms with E-state index in [0.29, 0.717) is 6.42 Å². The summed E-state index contributed by atoms with van der Waals surface area (Å²) >= 11 is 0. The van der Waals surface area contributed by atoms with Crippen LogP contribution in [-0.4, -0.2) is 47.6 Å². The average Bonchev–Trinajstić information content (AvgIpc) is 2.56. The van der Waals surface area contributed by atoms with Gasteiger partial charge in [-0.15, -0.1) is 0 Å². The molecule has 6 nitrogen and oxygen atoms in total. The predicted octanol–water partition coefficient (Wildman–Crippen LogP) is 3.13. The van der Waals surface area contributed by atoms with Crippen molar-refractivity contribution < 1.29 is 29.3 Å². The van der Waals surface area contributed by atoms with Gasteiger partial charge in [0, 0.05) is 6.92 Å². The Bertz CT molecular complexity index is 345. The fourth-order valence-corrected chi connectivity index (χ4v) is 2.55. The van der Waals surface area contributed by atoms with Gasteiger partial charge in [-0.05, 0) is 6.42 Å². The molecule has 0 fully saturated rings. The number of carbonyl (C=O) groups excluding carboxylic acids is 2. The first-order chi connectivity index (χ1) is 12.0. The van der Waals surface area contributed by atoms with Crippen LogP contribution in [-0.2, 0) is 19.1 Å². The Hall–Kier alpha value is -1.14. The van der Waals surface area contributed by atoms with Crippen molar-refractivity contribution >= 4 is 11.9 Å². The number of aliphatic hydroxyl groups is 2. The maximum absolute atomic E-state index is 11.7. The van der Waals surface area contributed by atoms with Crippen LogP contribution in [0.15, 0.2) is 0 Å². The fourth-order valence-electron chi connectivity index (χ4n) is 2.55. The van der Waals surface area contributed by atoms with Crippen LogP contribution in [0.5, 0.6) is 0 Å². The monoisotopic (exact) mass is 360 g/mol. The van der Waals surface area contributed by atoms with Crippen molar-refractivity contribution in [3.05, 3.63) is 0 Å². The minimum Gasteiger partial charge on any atom is -0.462 e. The van der Waals surface area contributed by atoms with Crippen molar-refractivity contribution in [2.45, 2.75) is 96.7 Å². The van der Waals surface area contributed by atoms with Gasteiger partial charge in [-0.1, -0.05) is 64.7 Å². The van der Waals surface area contributed by atoms with Gasteiger partial charge < -0.3 is 19.7 Å². The molecule has 0 aliphatic heterocycles. The van der Waals surface area contributed by atoms with Crippen LogP contribution in [0.2, 0.25) is 0 Å². The Morgan fingerprint density at radius 1 is 0.960 bits per heavy atom. The molecule has 0 amide bonds. The zero-order valence-corrected chi connectivity index (χ0v) is 15.9. The Balaban J connectivity index is 3.64. The minimum atomic E-state index is -0.878. The first-order valence-electron chi connectivity index (χ1n) is 9.61. The fraction of sp³-hybridized carbons (Fsp3) is 0.895. The van der Waals surface area contributed by atoms with E-state index < -0.39 is 30.8 Å². The van der Waals surface area contributed by atoms with Gasteiger partial charge in [0.25, 0.3) is 0 Å². The molecule has 2 N–H and O–H groups in total. The second-order valence-corrected chi connectivity index (χ2v) is 6.57. The van der Waals surface area contributed by atoms with E-state index in [4.69, 9.17) is 14.6 Å². The van der Waals surface area contributed by atoms with Gasteiger partial charge in [0.15, 0.2) is 6.10 Å². The molecule has 0 bridgehead atoms. The SMILES string of the molecule is CCCCCCCCCCCC(O)CC(=O)OC(CO)COC(C)=O. The van der Waals surface area contributed by atoms with E-state index in [2.05, 4.69) is 6.92 Å². The van der Waals surface area contributed by atoms with Crippen molar-refractivity contribution in [2.24, 2.45) is 0 Å². The second-order valence-electron chi connectivity index (χ2n) is 6.57. The van der Waals surface area contributed by atoms with Crippen LogP contribution < -0.4 is 0 Å². The van der Waals surface area contributed by atoms with Gasteiger partial charge in [0.1, 0.15) is 6.61 Å². The molecule has 148 valence electrons. The molecular weight excluding hydrogens is 324 g/mol. The highest BCUT2D eigenvalue weighted by Gasteiger charge is 2.18. The summed E-state index contributed by atoms with van der Waals surface area (Å²) in [5, 5.41) is 19.0. The van der Waals surface area contributed by atoms with Gasteiger partial charge in [-0.2, -0.15) is 0 Å². The summed E-state index contributed by atoms with van der Waals surface area (Å²) in [5.74, 6) is -1.09. The lowest BCUT2D eigenvalue weighted by atomic mass is 10.0. The van der Waals surface area contributed by atoms with Gasteiger partial charge in [0.05, 0.1) is 19.1 Å². The highest BCUT2D eigenvalue weighted by Crippen LogP contribution is 2.12. The lowest BCUT2D eigenvalue weighted by Gasteiger charge is -2.16. The van der Waals surface area contributed by atoms with Crippen LogP contribution in [0.3, 0.4) is 0 Å². The summed E-state index contributed by atoms with van der Waals surface area (Å²) in [5.41, 5.74) is 0. The number of ether oxygens (including phenoxy) is 2. The molecule has 25 heavy (non-hydrogen) atoms. The Labute approximate surface area is 151 Å². The van der Waals surface area contributed by atoms with Crippen LogP contribution in [0, 0.1) is 0 Å². The Kier molecular flexibility index (Phi) is 15.6. The van der Waals surface area contributed by atoms with E-state index in [1.165, 1.54) is 45.4 Å².